The Morgan fingerprint density at radius 2 is 1.68 bits per heavy atom. The van der Waals surface area contributed by atoms with Crippen LogP contribution in [0.25, 0.3) is 27.7 Å². The fourth-order valence-electron chi connectivity index (χ4n) is 4.63. The molecule has 5 aromatic rings. The van der Waals surface area contributed by atoms with Gasteiger partial charge in [-0.05, 0) is 44.0 Å². The Morgan fingerprint density at radius 3 is 2.42 bits per heavy atom. The summed E-state index contributed by atoms with van der Waals surface area (Å²) in [6.07, 6.45) is 0. The number of fused-ring (bicyclic) bond motifs is 4. The van der Waals surface area contributed by atoms with E-state index in [1.54, 1.807) is 7.05 Å². The second-order valence-electron chi connectivity index (χ2n) is 8.43. The van der Waals surface area contributed by atoms with E-state index in [2.05, 4.69) is 18.4 Å². The van der Waals surface area contributed by atoms with Gasteiger partial charge in [0, 0.05) is 24.5 Å². The molecule has 158 valence electrons. The van der Waals surface area contributed by atoms with Crippen LogP contribution < -0.4 is 11.2 Å². The molecule has 7 heteroatoms. The fourth-order valence-corrected chi connectivity index (χ4v) is 4.63. The summed E-state index contributed by atoms with van der Waals surface area (Å²) in [5.41, 5.74) is 3.13. The minimum Gasteiger partial charge on any atom is -0.311 e. The van der Waals surface area contributed by atoms with Gasteiger partial charge in [-0.25, -0.2) is 4.79 Å². The number of aryl methyl sites for hydroxylation is 2. The lowest BCUT2D eigenvalue weighted by Gasteiger charge is -2.11. The van der Waals surface area contributed by atoms with Gasteiger partial charge in [-0.3, -0.25) is 18.3 Å². The van der Waals surface area contributed by atoms with Gasteiger partial charge in [-0.2, -0.15) is 4.98 Å². The molecule has 0 spiro atoms. The molecule has 3 heterocycles. The van der Waals surface area contributed by atoms with Gasteiger partial charge in [-0.1, -0.05) is 42.5 Å². The van der Waals surface area contributed by atoms with Gasteiger partial charge in [0.1, 0.15) is 0 Å². The van der Waals surface area contributed by atoms with Crippen molar-refractivity contribution in [3.8, 4) is 0 Å². The first-order chi connectivity index (χ1) is 14.8. The first-order valence-corrected chi connectivity index (χ1v) is 10.5. The summed E-state index contributed by atoms with van der Waals surface area (Å²) >= 11 is 0. The topological polar surface area (TPSA) is 66.2 Å². The molecule has 0 saturated heterocycles. The second-order valence-corrected chi connectivity index (χ2v) is 8.43. The van der Waals surface area contributed by atoms with Crippen LogP contribution in [0.1, 0.15) is 36.8 Å². The van der Waals surface area contributed by atoms with Crippen LogP contribution in [0.4, 0.5) is 0 Å². The highest BCUT2D eigenvalue weighted by Crippen LogP contribution is 2.24. The zero-order valence-corrected chi connectivity index (χ0v) is 18.4. The molecule has 0 bridgehead atoms. The van der Waals surface area contributed by atoms with E-state index in [0.717, 1.165) is 27.7 Å². The van der Waals surface area contributed by atoms with Gasteiger partial charge < -0.3 is 4.57 Å². The van der Waals surface area contributed by atoms with Crippen molar-refractivity contribution in [1.82, 2.24) is 23.1 Å². The first kappa shape index (κ1) is 19.4. The smallest absolute Gasteiger partial charge is 0.311 e. The van der Waals surface area contributed by atoms with Crippen molar-refractivity contribution < 1.29 is 0 Å². The summed E-state index contributed by atoms with van der Waals surface area (Å²) in [5.74, 6) is 0.690. The van der Waals surface area contributed by atoms with Crippen molar-refractivity contribution in [2.75, 3.05) is 0 Å². The van der Waals surface area contributed by atoms with Crippen molar-refractivity contribution >= 4 is 27.7 Å². The van der Waals surface area contributed by atoms with Gasteiger partial charge in [-0.15, -0.1) is 0 Å². The molecule has 7 nitrogen and oxygen atoms in total. The lowest BCUT2D eigenvalue weighted by molar-refractivity contribution is 0.600. The maximum absolute atomic E-state index is 13.6. The van der Waals surface area contributed by atoms with E-state index in [9.17, 15) is 9.59 Å². The number of imidazole rings is 2. The molecule has 5 rings (SSSR count). The Balaban J connectivity index is 1.84. The Labute approximate surface area is 178 Å². The van der Waals surface area contributed by atoms with E-state index in [1.807, 2.05) is 60.7 Å². The molecule has 0 atom stereocenters. The summed E-state index contributed by atoms with van der Waals surface area (Å²) < 4.78 is 6.80. The minimum atomic E-state index is -0.364. The lowest BCUT2D eigenvalue weighted by Crippen LogP contribution is -2.39. The fraction of sp³-hybridized carbons (Fsp3) is 0.292. The predicted octanol–water partition coefficient (Wildman–Crippen LogP) is 3.55. The number of hydrogen-bond acceptors (Lipinski definition) is 3. The summed E-state index contributed by atoms with van der Waals surface area (Å²) in [6, 6.07) is 14.1. The van der Waals surface area contributed by atoms with Crippen molar-refractivity contribution in [2.45, 2.75) is 40.3 Å². The van der Waals surface area contributed by atoms with Crippen LogP contribution in [0.3, 0.4) is 0 Å². The molecule has 3 aromatic heterocycles. The van der Waals surface area contributed by atoms with Crippen LogP contribution in [0, 0.1) is 13.8 Å². The standard InChI is InChI=1S/C24H25N5O2/c1-14(2)28-15(3)16(4)29-20-21(25-23(28)29)26(5)24(31)27(22(20)30)13-18-11-8-10-17-9-6-7-12-19(17)18/h6-12,14H,13H2,1-5H3. The van der Waals surface area contributed by atoms with Crippen molar-refractivity contribution in [2.24, 2.45) is 7.05 Å². The van der Waals surface area contributed by atoms with Gasteiger partial charge in [0.05, 0.1) is 6.54 Å². The Bertz CT molecular complexity index is 1610. The van der Waals surface area contributed by atoms with Crippen molar-refractivity contribution in [3.63, 3.8) is 0 Å². The lowest BCUT2D eigenvalue weighted by atomic mass is 10.0. The first-order valence-electron chi connectivity index (χ1n) is 10.5. The summed E-state index contributed by atoms with van der Waals surface area (Å²) in [6.45, 7) is 8.40. The van der Waals surface area contributed by atoms with Crippen LogP contribution >= 0.6 is 0 Å². The van der Waals surface area contributed by atoms with E-state index < -0.39 is 0 Å². The highest BCUT2D eigenvalue weighted by atomic mass is 16.2. The molecule has 0 aliphatic rings. The molecule has 0 amide bonds. The zero-order chi connectivity index (χ0) is 22.0. The number of benzene rings is 2. The molecule has 0 N–H and O–H groups in total. The number of hydrogen-bond donors (Lipinski definition) is 0. The highest BCUT2D eigenvalue weighted by Gasteiger charge is 2.23. The predicted molar refractivity (Wildman–Crippen MR) is 123 cm³/mol. The third kappa shape index (κ3) is 2.62. The molecule has 31 heavy (non-hydrogen) atoms. The van der Waals surface area contributed by atoms with Crippen LogP contribution in [0.2, 0.25) is 0 Å². The van der Waals surface area contributed by atoms with Crippen molar-refractivity contribution in [1.29, 1.82) is 0 Å². The van der Waals surface area contributed by atoms with Crippen LogP contribution in [-0.4, -0.2) is 23.1 Å². The third-order valence-electron chi connectivity index (χ3n) is 6.29. The second kappa shape index (κ2) is 6.70. The van der Waals surface area contributed by atoms with E-state index in [-0.39, 0.29) is 23.8 Å². The Hall–Kier alpha value is -3.61. The Morgan fingerprint density at radius 1 is 0.968 bits per heavy atom. The molecule has 2 aromatic carbocycles. The van der Waals surface area contributed by atoms with Crippen LogP contribution in [0.15, 0.2) is 52.1 Å². The molecule has 0 aliphatic carbocycles. The zero-order valence-electron chi connectivity index (χ0n) is 18.4. The molecule has 0 radical (unpaired) electrons. The normalized spacial score (nSPS) is 12.1. The highest BCUT2D eigenvalue weighted by molar-refractivity contribution is 5.85. The summed E-state index contributed by atoms with van der Waals surface area (Å²) in [5, 5.41) is 2.12. The molecule has 0 aliphatic heterocycles. The van der Waals surface area contributed by atoms with Gasteiger partial charge in [0.25, 0.3) is 5.56 Å². The Kier molecular flexibility index (Phi) is 4.18. The number of rotatable bonds is 3. The van der Waals surface area contributed by atoms with Crippen LogP contribution in [0.5, 0.6) is 0 Å². The van der Waals surface area contributed by atoms with E-state index >= 15 is 0 Å². The molecular formula is C24H25N5O2. The van der Waals surface area contributed by atoms with Gasteiger partial charge in [0.15, 0.2) is 11.2 Å². The maximum Gasteiger partial charge on any atom is 0.332 e. The molecule has 0 unspecified atom stereocenters. The molecule has 0 fully saturated rings. The SMILES string of the molecule is Cc1c(C)n2c3c(=O)n(Cc4cccc5ccccc45)c(=O)n(C)c3nc2n1C(C)C. The van der Waals surface area contributed by atoms with Gasteiger partial charge in [0.2, 0.25) is 5.78 Å². The summed E-state index contributed by atoms with van der Waals surface area (Å²) in [7, 11) is 1.68. The summed E-state index contributed by atoms with van der Waals surface area (Å²) in [4.78, 5) is 31.5. The van der Waals surface area contributed by atoms with E-state index in [1.165, 1.54) is 9.13 Å². The monoisotopic (exact) mass is 415 g/mol. The maximum atomic E-state index is 13.6. The number of aromatic nitrogens is 5. The van der Waals surface area contributed by atoms with E-state index in [0.29, 0.717) is 16.9 Å². The van der Waals surface area contributed by atoms with Crippen molar-refractivity contribution in [3.05, 3.63) is 80.3 Å². The minimum absolute atomic E-state index is 0.183. The number of nitrogens with zero attached hydrogens (tertiary/aromatic N) is 5. The van der Waals surface area contributed by atoms with Gasteiger partial charge >= 0.3 is 5.69 Å². The average Bonchev–Trinajstić information content (AvgIpc) is 3.25. The average molecular weight is 415 g/mol. The third-order valence-corrected chi connectivity index (χ3v) is 6.29. The van der Waals surface area contributed by atoms with E-state index in [4.69, 9.17) is 4.98 Å². The quantitative estimate of drug-likeness (QED) is 0.453. The molecular weight excluding hydrogens is 390 g/mol. The van der Waals surface area contributed by atoms with Crippen LogP contribution in [-0.2, 0) is 13.6 Å². The largest absolute Gasteiger partial charge is 0.332 e. The molecule has 0 saturated carbocycles.